The molecule has 0 saturated carbocycles. The zero-order valence-corrected chi connectivity index (χ0v) is 11.4. The second-order valence-electron chi connectivity index (χ2n) is 4.51. The average Bonchev–Trinajstić information content (AvgIpc) is 2.45. The van der Waals surface area contributed by atoms with Crippen molar-refractivity contribution in [3.05, 3.63) is 53.5 Å². The Hall–Kier alpha value is -2.14. The van der Waals surface area contributed by atoms with E-state index in [9.17, 15) is 9.50 Å². The van der Waals surface area contributed by atoms with E-state index in [1.807, 2.05) is 13.0 Å². The minimum absolute atomic E-state index is 0.0437. The van der Waals surface area contributed by atoms with Crippen LogP contribution in [0.1, 0.15) is 24.1 Å². The molecule has 4 nitrogen and oxygen atoms in total. The number of ether oxygens (including phenoxy) is 1. The van der Waals surface area contributed by atoms with E-state index in [-0.39, 0.29) is 11.8 Å². The first-order chi connectivity index (χ1) is 9.60. The second kappa shape index (κ2) is 6.34. The van der Waals surface area contributed by atoms with Crippen molar-refractivity contribution in [2.24, 2.45) is 0 Å². The van der Waals surface area contributed by atoms with Gasteiger partial charge >= 0.3 is 0 Å². The molecule has 1 aromatic heterocycles. The summed E-state index contributed by atoms with van der Waals surface area (Å²) in [6.07, 6.45) is 1.73. The van der Waals surface area contributed by atoms with E-state index in [0.717, 1.165) is 11.6 Å². The highest BCUT2D eigenvalue weighted by Gasteiger charge is 2.10. The summed E-state index contributed by atoms with van der Waals surface area (Å²) in [5.74, 6) is 0.0774. The zero-order chi connectivity index (χ0) is 14.5. The largest absolute Gasteiger partial charge is 0.508 e. The molecule has 2 rings (SSSR count). The van der Waals surface area contributed by atoms with Gasteiger partial charge in [-0.3, -0.25) is 0 Å². The second-order valence-corrected chi connectivity index (χ2v) is 4.51. The Morgan fingerprint density at radius 2 is 2.15 bits per heavy atom. The van der Waals surface area contributed by atoms with E-state index in [1.54, 1.807) is 25.4 Å². The van der Waals surface area contributed by atoms with Crippen molar-refractivity contribution < 1.29 is 14.2 Å². The number of rotatable bonds is 5. The number of phenols is 1. The van der Waals surface area contributed by atoms with Gasteiger partial charge in [0.1, 0.15) is 11.6 Å². The smallest absolute Gasteiger partial charge is 0.212 e. The first kappa shape index (κ1) is 14.3. The highest BCUT2D eigenvalue weighted by atomic mass is 19.1. The topological polar surface area (TPSA) is 54.4 Å². The molecule has 0 fully saturated rings. The molecule has 0 spiro atoms. The summed E-state index contributed by atoms with van der Waals surface area (Å²) in [6.45, 7) is 2.50. The predicted octanol–water partition coefficient (Wildman–Crippen LogP) is 2.79. The van der Waals surface area contributed by atoms with Gasteiger partial charge in [0.25, 0.3) is 0 Å². The van der Waals surface area contributed by atoms with Crippen molar-refractivity contribution in [3.8, 4) is 11.6 Å². The van der Waals surface area contributed by atoms with Gasteiger partial charge in [0.2, 0.25) is 5.88 Å². The fraction of sp³-hybridized carbons (Fsp3) is 0.267. The lowest BCUT2D eigenvalue weighted by molar-refractivity contribution is 0.397. The third-order valence-corrected chi connectivity index (χ3v) is 3.08. The van der Waals surface area contributed by atoms with Crippen molar-refractivity contribution in [2.45, 2.75) is 19.5 Å². The quantitative estimate of drug-likeness (QED) is 0.881. The fourth-order valence-electron chi connectivity index (χ4n) is 1.90. The van der Waals surface area contributed by atoms with Crippen LogP contribution < -0.4 is 10.1 Å². The van der Waals surface area contributed by atoms with Crippen LogP contribution in [0.5, 0.6) is 11.6 Å². The molecular formula is C15H17FN2O2. The predicted molar refractivity (Wildman–Crippen MR) is 74.1 cm³/mol. The number of nitrogens with one attached hydrogen (secondary N) is 1. The van der Waals surface area contributed by atoms with Gasteiger partial charge in [-0.1, -0.05) is 12.1 Å². The van der Waals surface area contributed by atoms with Crippen molar-refractivity contribution in [1.29, 1.82) is 0 Å². The Morgan fingerprint density at radius 3 is 2.75 bits per heavy atom. The number of aromatic hydroxyl groups is 1. The number of nitrogens with zero attached hydrogens (tertiary/aromatic N) is 1. The molecule has 0 bridgehead atoms. The van der Waals surface area contributed by atoms with Gasteiger partial charge in [-0.15, -0.1) is 0 Å². The molecule has 1 aromatic carbocycles. The van der Waals surface area contributed by atoms with Gasteiger partial charge in [0.15, 0.2) is 0 Å². The van der Waals surface area contributed by atoms with E-state index in [4.69, 9.17) is 4.74 Å². The van der Waals surface area contributed by atoms with Crippen LogP contribution in [0.3, 0.4) is 0 Å². The Kier molecular flexibility index (Phi) is 4.53. The summed E-state index contributed by atoms with van der Waals surface area (Å²) in [5, 5.41) is 13.0. The molecule has 2 N–H and O–H groups in total. The van der Waals surface area contributed by atoms with E-state index >= 15 is 0 Å². The summed E-state index contributed by atoms with van der Waals surface area (Å²) < 4.78 is 17.9. The average molecular weight is 276 g/mol. The highest BCUT2D eigenvalue weighted by molar-refractivity contribution is 5.35. The molecule has 0 aliphatic heterocycles. The van der Waals surface area contributed by atoms with E-state index in [0.29, 0.717) is 18.0 Å². The Bertz CT molecular complexity index is 573. The molecule has 0 amide bonds. The number of methoxy groups -OCH3 is 1. The molecule has 1 unspecified atom stereocenters. The van der Waals surface area contributed by atoms with Crippen LogP contribution in [0, 0.1) is 5.82 Å². The zero-order valence-electron chi connectivity index (χ0n) is 11.4. The molecule has 0 aliphatic rings. The van der Waals surface area contributed by atoms with Gasteiger partial charge in [0, 0.05) is 36.5 Å². The Morgan fingerprint density at radius 1 is 1.35 bits per heavy atom. The van der Waals surface area contributed by atoms with Gasteiger partial charge in [0.05, 0.1) is 7.11 Å². The molecule has 1 heterocycles. The van der Waals surface area contributed by atoms with Gasteiger partial charge in [-0.05, 0) is 18.6 Å². The molecule has 5 heteroatoms. The monoisotopic (exact) mass is 276 g/mol. The lowest BCUT2D eigenvalue weighted by Crippen LogP contribution is -2.18. The summed E-state index contributed by atoms with van der Waals surface area (Å²) in [7, 11) is 1.57. The lowest BCUT2D eigenvalue weighted by Gasteiger charge is -2.15. The van der Waals surface area contributed by atoms with Gasteiger partial charge < -0.3 is 15.2 Å². The van der Waals surface area contributed by atoms with Crippen LogP contribution >= 0.6 is 0 Å². The third kappa shape index (κ3) is 3.45. The molecule has 106 valence electrons. The normalized spacial score (nSPS) is 12.2. The fourth-order valence-corrected chi connectivity index (χ4v) is 1.90. The highest BCUT2D eigenvalue weighted by Crippen LogP contribution is 2.24. The Balaban J connectivity index is 1.98. The maximum atomic E-state index is 12.9. The molecule has 20 heavy (non-hydrogen) atoms. The summed E-state index contributed by atoms with van der Waals surface area (Å²) in [4.78, 5) is 4.12. The van der Waals surface area contributed by atoms with Crippen LogP contribution in [0.25, 0.3) is 0 Å². The molecule has 0 aliphatic carbocycles. The van der Waals surface area contributed by atoms with E-state index < -0.39 is 5.82 Å². The van der Waals surface area contributed by atoms with Crippen molar-refractivity contribution in [1.82, 2.24) is 10.3 Å². The summed E-state index contributed by atoms with van der Waals surface area (Å²) in [6, 6.07) is 7.63. The van der Waals surface area contributed by atoms with Crippen molar-refractivity contribution in [3.63, 3.8) is 0 Å². The first-order valence-corrected chi connectivity index (χ1v) is 6.31. The molecule has 0 radical (unpaired) electrons. The van der Waals surface area contributed by atoms with Crippen LogP contribution in [-0.2, 0) is 6.54 Å². The standard InChI is InChI=1S/C15H17FN2O2/c1-10(13-5-4-12(16)7-14(13)19)17-8-11-3-6-15(20-2)18-9-11/h3-7,9-10,17,19H,8H2,1-2H3. The summed E-state index contributed by atoms with van der Waals surface area (Å²) >= 11 is 0. The maximum absolute atomic E-state index is 12.9. The maximum Gasteiger partial charge on any atom is 0.212 e. The van der Waals surface area contributed by atoms with Crippen LogP contribution in [0.2, 0.25) is 0 Å². The minimum Gasteiger partial charge on any atom is -0.508 e. The molecule has 2 aromatic rings. The number of hydrogen-bond donors (Lipinski definition) is 2. The van der Waals surface area contributed by atoms with Crippen molar-refractivity contribution >= 4 is 0 Å². The molecule has 0 saturated heterocycles. The number of aromatic nitrogens is 1. The van der Waals surface area contributed by atoms with Crippen LogP contribution in [0.4, 0.5) is 4.39 Å². The van der Waals surface area contributed by atoms with Gasteiger partial charge in [-0.25, -0.2) is 9.37 Å². The number of hydrogen-bond acceptors (Lipinski definition) is 4. The van der Waals surface area contributed by atoms with Gasteiger partial charge in [-0.2, -0.15) is 0 Å². The van der Waals surface area contributed by atoms with Crippen LogP contribution in [0.15, 0.2) is 36.5 Å². The first-order valence-electron chi connectivity index (χ1n) is 6.31. The van der Waals surface area contributed by atoms with E-state index in [1.165, 1.54) is 6.07 Å². The third-order valence-electron chi connectivity index (χ3n) is 3.08. The number of phenolic OH excluding ortho intramolecular Hbond substituents is 1. The number of benzene rings is 1. The number of halogens is 1. The summed E-state index contributed by atoms with van der Waals surface area (Å²) in [5.41, 5.74) is 1.66. The number of pyridine rings is 1. The SMILES string of the molecule is COc1ccc(CNC(C)c2ccc(F)cc2O)cn1. The lowest BCUT2D eigenvalue weighted by atomic mass is 10.1. The Labute approximate surface area is 117 Å². The van der Waals surface area contributed by atoms with E-state index in [2.05, 4.69) is 10.3 Å². The molecular weight excluding hydrogens is 259 g/mol. The molecule has 1 atom stereocenters. The minimum atomic E-state index is -0.446. The van der Waals surface area contributed by atoms with Crippen LogP contribution in [-0.4, -0.2) is 17.2 Å². The van der Waals surface area contributed by atoms with Crippen molar-refractivity contribution in [2.75, 3.05) is 7.11 Å².